The second-order valence-electron chi connectivity index (χ2n) is 13.8. The third-order valence-electron chi connectivity index (χ3n) is 10.7. The Morgan fingerprint density at radius 2 is 0.900 bits per heavy atom. The van der Waals surface area contributed by atoms with Crippen LogP contribution in [0.25, 0.3) is 23.3 Å². The Morgan fingerprint density at radius 1 is 0.520 bits per heavy atom. The maximum Gasteiger partial charge on any atom is 0.203 e. The third-order valence-corrected chi connectivity index (χ3v) is 10.7. The van der Waals surface area contributed by atoms with Crippen LogP contribution in [0.15, 0.2) is 167 Å². The lowest BCUT2D eigenvalue weighted by Gasteiger charge is -2.42. The summed E-state index contributed by atoms with van der Waals surface area (Å²) in [6, 6.07) is 37.5. The van der Waals surface area contributed by atoms with Crippen molar-refractivity contribution < 1.29 is 9.47 Å². The molecule has 4 nitrogen and oxygen atoms in total. The summed E-state index contributed by atoms with van der Waals surface area (Å²) in [5.41, 5.74) is 7.58. The lowest BCUT2D eigenvalue weighted by Crippen LogP contribution is -2.43. The monoisotopic (exact) mass is 654 g/mol. The van der Waals surface area contributed by atoms with E-state index in [1.807, 2.05) is 50.2 Å². The van der Waals surface area contributed by atoms with E-state index in [0.29, 0.717) is 0 Å². The molecule has 0 bridgehead atoms. The van der Waals surface area contributed by atoms with Crippen LogP contribution in [0.4, 0.5) is 0 Å². The largest absolute Gasteiger partial charge is 0.333 e. The van der Waals surface area contributed by atoms with Crippen molar-refractivity contribution in [3.05, 3.63) is 190 Å². The van der Waals surface area contributed by atoms with E-state index < -0.39 is 22.7 Å². The van der Waals surface area contributed by atoms with E-state index in [4.69, 9.17) is 19.7 Å². The second-order valence-corrected chi connectivity index (χ2v) is 13.8. The van der Waals surface area contributed by atoms with Crippen LogP contribution in [0.1, 0.15) is 73.9 Å². The van der Waals surface area contributed by atoms with Gasteiger partial charge in [-0.3, -0.25) is 0 Å². The van der Waals surface area contributed by atoms with Crippen LogP contribution in [-0.4, -0.2) is 11.2 Å². The first-order chi connectivity index (χ1) is 24.3. The molecule has 0 radical (unpaired) electrons. The maximum atomic E-state index is 7.38. The highest BCUT2D eigenvalue weighted by molar-refractivity contribution is 5.99. The number of nitrogens with zero attached hydrogens (tertiary/aromatic N) is 2. The van der Waals surface area contributed by atoms with E-state index in [2.05, 4.69) is 135 Å². The number of azo groups is 1. The van der Waals surface area contributed by atoms with Gasteiger partial charge in [-0.15, -0.1) is 0 Å². The Morgan fingerprint density at radius 3 is 1.30 bits per heavy atom. The first-order valence-electron chi connectivity index (χ1n) is 17.7. The second kappa shape index (κ2) is 12.3. The predicted molar refractivity (Wildman–Crippen MR) is 204 cm³/mol. The van der Waals surface area contributed by atoms with Crippen LogP contribution in [0.5, 0.6) is 0 Å². The lowest BCUT2D eigenvalue weighted by atomic mass is 9.81. The molecule has 4 aromatic carbocycles. The molecule has 0 saturated carbocycles. The van der Waals surface area contributed by atoms with Crippen molar-refractivity contribution in [1.82, 2.24) is 0 Å². The normalized spacial score (nSPS) is 23.8. The zero-order valence-corrected chi connectivity index (χ0v) is 29.1. The quantitative estimate of drug-likeness (QED) is 0.160. The van der Waals surface area contributed by atoms with E-state index in [9.17, 15) is 0 Å². The Bertz CT molecular complexity index is 2020. The summed E-state index contributed by atoms with van der Waals surface area (Å²) in [5.74, 6) is 0. The van der Waals surface area contributed by atoms with Gasteiger partial charge in [-0.25, -0.2) is 0 Å². The molecule has 0 amide bonds. The van der Waals surface area contributed by atoms with Crippen molar-refractivity contribution in [2.45, 2.75) is 63.2 Å². The molecule has 248 valence electrons. The number of allylic oxidation sites excluding steroid dienone is 4. The Hall–Kier alpha value is -5.16. The van der Waals surface area contributed by atoms with Gasteiger partial charge in [0.1, 0.15) is 11.2 Å². The molecule has 8 rings (SSSR count). The van der Waals surface area contributed by atoms with Gasteiger partial charge in [-0.2, -0.15) is 10.2 Å². The number of hydrogen-bond donors (Lipinski definition) is 0. The molecule has 50 heavy (non-hydrogen) atoms. The fraction of sp³-hybridized carbons (Fsp3) is 0.217. The van der Waals surface area contributed by atoms with Gasteiger partial charge in [0.25, 0.3) is 0 Å². The first kappa shape index (κ1) is 32.1. The van der Waals surface area contributed by atoms with Gasteiger partial charge in [0.2, 0.25) is 11.4 Å². The van der Waals surface area contributed by atoms with Gasteiger partial charge in [-0.05, 0) is 95.5 Å². The number of ether oxygens (including phenoxy) is 2. The number of rotatable bonds is 10. The molecule has 4 heteroatoms. The maximum absolute atomic E-state index is 7.38. The van der Waals surface area contributed by atoms with Crippen molar-refractivity contribution in [1.29, 1.82) is 0 Å². The van der Waals surface area contributed by atoms with Crippen molar-refractivity contribution >= 4 is 23.3 Å². The highest BCUT2D eigenvalue weighted by Gasteiger charge is 2.47. The lowest BCUT2D eigenvalue weighted by molar-refractivity contribution is -0.134. The highest BCUT2D eigenvalue weighted by atomic mass is 16.5. The Balaban J connectivity index is 1.22. The van der Waals surface area contributed by atoms with Crippen molar-refractivity contribution in [2.24, 2.45) is 10.2 Å². The molecule has 0 heterocycles. The summed E-state index contributed by atoms with van der Waals surface area (Å²) < 4.78 is 14.8. The highest BCUT2D eigenvalue weighted by Crippen LogP contribution is 2.52. The first-order valence-corrected chi connectivity index (χ1v) is 17.7. The van der Waals surface area contributed by atoms with Crippen LogP contribution in [0.2, 0.25) is 0 Å². The number of benzene rings is 4. The van der Waals surface area contributed by atoms with Gasteiger partial charge in [-0.1, -0.05) is 147 Å². The summed E-state index contributed by atoms with van der Waals surface area (Å²) in [4.78, 5) is 0. The molecule has 4 aliphatic carbocycles. The van der Waals surface area contributed by atoms with E-state index in [0.717, 1.165) is 35.1 Å². The summed E-state index contributed by atoms with van der Waals surface area (Å²) in [7, 11) is 0. The Labute approximate surface area is 295 Å². The molecule has 0 N–H and O–H groups in total. The zero-order chi connectivity index (χ0) is 34.4. The third kappa shape index (κ3) is 5.22. The predicted octanol–water partition coefficient (Wildman–Crippen LogP) is 11.6. The summed E-state index contributed by atoms with van der Waals surface area (Å²) in [6.45, 7) is 8.40. The minimum Gasteiger partial charge on any atom is -0.333 e. The van der Waals surface area contributed by atoms with E-state index in [1.165, 1.54) is 33.4 Å². The van der Waals surface area contributed by atoms with Gasteiger partial charge < -0.3 is 9.47 Å². The van der Waals surface area contributed by atoms with Crippen LogP contribution >= 0.6 is 0 Å². The van der Waals surface area contributed by atoms with Gasteiger partial charge in [0.15, 0.2) is 0 Å². The topological polar surface area (TPSA) is 43.2 Å². The number of fused-ring (bicyclic) bond motifs is 6. The molecule has 0 fully saturated rings. The summed E-state index contributed by atoms with van der Waals surface area (Å²) in [5, 5.41) is 10.4. The minimum atomic E-state index is -1.16. The van der Waals surface area contributed by atoms with Crippen LogP contribution in [-0.2, 0) is 20.9 Å². The summed E-state index contributed by atoms with van der Waals surface area (Å²) in [6.07, 6.45) is 19.0. The van der Waals surface area contributed by atoms with Crippen LogP contribution in [0.3, 0.4) is 0 Å². The van der Waals surface area contributed by atoms with E-state index >= 15 is 0 Å². The average Bonchev–Trinajstić information content (AvgIpc) is 3.75. The van der Waals surface area contributed by atoms with Crippen LogP contribution in [0, 0.1) is 0 Å². The molecular formula is C46H42N2O2. The van der Waals surface area contributed by atoms with Crippen molar-refractivity contribution in [2.75, 3.05) is 0 Å². The smallest absolute Gasteiger partial charge is 0.203 e. The minimum absolute atomic E-state index is 0.721. The fourth-order valence-electron chi connectivity index (χ4n) is 7.94. The molecule has 4 aromatic rings. The molecule has 4 aliphatic rings. The van der Waals surface area contributed by atoms with Crippen molar-refractivity contribution in [3.8, 4) is 0 Å². The average molecular weight is 655 g/mol. The Kier molecular flexibility index (Phi) is 7.90. The standard InChI is InChI=1S/C46H42N2O2/c1-5-45(29-17-27-39-37-25-15-13-19-33(37)31-41(39)45)49-43(3,35-21-9-7-10-22-35)47-48-44(4,36-23-11-8-12-24-36)50-46(6-2)30-18-28-40-38-26-16-14-20-34(38)32-42(40)46/h7-32H,5-6H2,1-4H3. The zero-order valence-electron chi connectivity index (χ0n) is 29.1. The molecule has 4 atom stereocenters. The van der Waals surface area contributed by atoms with Crippen LogP contribution < -0.4 is 0 Å². The number of hydrogen-bond acceptors (Lipinski definition) is 4. The molecular weight excluding hydrogens is 613 g/mol. The SMILES string of the molecule is CCC1(OC(C)(N=NC(C)(OC2(CC)C=CC=C3C2=Cc2ccccc23)c2ccccc2)c2ccccc2)C=CC=C2C1=Cc1ccccc12. The molecule has 0 aromatic heterocycles. The van der Waals surface area contributed by atoms with Gasteiger partial charge in [0.05, 0.1) is 0 Å². The van der Waals surface area contributed by atoms with E-state index in [-0.39, 0.29) is 0 Å². The summed E-state index contributed by atoms with van der Waals surface area (Å²) >= 11 is 0. The van der Waals surface area contributed by atoms with Crippen molar-refractivity contribution in [3.63, 3.8) is 0 Å². The molecule has 0 saturated heterocycles. The molecule has 4 unspecified atom stereocenters. The molecule has 0 aliphatic heterocycles. The fourth-order valence-corrected chi connectivity index (χ4v) is 7.94. The van der Waals surface area contributed by atoms with Gasteiger partial charge >= 0.3 is 0 Å². The van der Waals surface area contributed by atoms with E-state index in [1.54, 1.807) is 0 Å². The van der Waals surface area contributed by atoms with Gasteiger partial charge in [0, 0.05) is 11.1 Å². The molecule has 0 spiro atoms.